The van der Waals surface area contributed by atoms with Crippen LogP contribution in [-0.2, 0) is 0 Å². The quantitative estimate of drug-likeness (QED) is 0.824. The normalized spacial score (nSPS) is 8.67. The van der Waals surface area contributed by atoms with Crippen molar-refractivity contribution in [2.75, 3.05) is 5.32 Å². The van der Waals surface area contributed by atoms with Gasteiger partial charge in [0.25, 0.3) is 0 Å². The van der Waals surface area contributed by atoms with Crippen molar-refractivity contribution in [3.05, 3.63) is 39.6 Å². The summed E-state index contributed by atoms with van der Waals surface area (Å²) in [6, 6.07) is 8.74. The van der Waals surface area contributed by atoms with E-state index in [1.165, 1.54) is 0 Å². The minimum Gasteiger partial charge on any atom is -0.344 e. The second-order valence-electron chi connectivity index (χ2n) is 3.65. The van der Waals surface area contributed by atoms with E-state index in [0.717, 1.165) is 11.1 Å². The smallest absolute Gasteiger partial charge is 0.163 e. The Morgan fingerprint density at radius 2 is 1.72 bits per heavy atom. The first-order valence-corrected chi connectivity index (χ1v) is 5.39. The van der Waals surface area contributed by atoms with Gasteiger partial charge in [0.15, 0.2) is 5.57 Å². The van der Waals surface area contributed by atoms with Gasteiger partial charge in [-0.05, 0) is 31.0 Å². The van der Waals surface area contributed by atoms with Crippen molar-refractivity contribution in [2.45, 2.75) is 13.8 Å². The summed E-state index contributed by atoms with van der Waals surface area (Å²) in [5.74, 6) is 0. The predicted octanol–water partition coefficient (Wildman–Crippen LogP) is 3.19. The van der Waals surface area contributed by atoms with Crippen LogP contribution in [0.1, 0.15) is 11.1 Å². The Balaban J connectivity index is 3.30. The largest absolute Gasteiger partial charge is 0.344 e. The fourth-order valence-corrected chi connectivity index (χ4v) is 1.85. The van der Waals surface area contributed by atoms with Crippen molar-refractivity contribution in [3.63, 3.8) is 0 Å². The molecule has 88 valence electrons. The van der Waals surface area contributed by atoms with Gasteiger partial charge in [-0.25, -0.2) is 0 Å². The molecule has 1 aromatic rings. The molecule has 0 heterocycles. The molecule has 1 N–H and O–H groups in total. The minimum atomic E-state index is -0.270. The number of nitrogens with one attached hydrogen (secondary N) is 1. The van der Waals surface area contributed by atoms with Gasteiger partial charge in [-0.3, -0.25) is 0 Å². The lowest BCUT2D eigenvalue weighted by atomic mass is 10.1. The summed E-state index contributed by atoms with van der Waals surface area (Å²) < 4.78 is 0. The zero-order valence-corrected chi connectivity index (χ0v) is 10.6. The second kappa shape index (κ2) is 5.73. The zero-order valence-electron chi connectivity index (χ0n) is 9.87. The van der Waals surface area contributed by atoms with Crippen LogP contribution < -0.4 is 5.32 Å². The third-order valence-corrected chi connectivity index (χ3v) is 2.57. The highest BCUT2D eigenvalue weighted by Gasteiger charge is 2.10. The van der Waals surface area contributed by atoms with Crippen LogP contribution in [-0.4, -0.2) is 0 Å². The first-order chi connectivity index (χ1) is 8.53. The van der Waals surface area contributed by atoms with Crippen molar-refractivity contribution in [2.24, 2.45) is 0 Å². The number of halogens is 1. The van der Waals surface area contributed by atoms with E-state index < -0.39 is 0 Å². The third kappa shape index (κ3) is 2.80. The average molecular weight is 257 g/mol. The summed E-state index contributed by atoms with van der Waals surface area (Å²) >= 11 is 6.07. The molecule has 0 aliphatic heterocycles. The number of nitriles is 3. The lowest BCUT2D eigenvalue weighted by molar-refractivity contribution is 1.33. The maximum Gasteiger partial charge on any atom is 0.163 e. The standard InChI is InChI=1S/C13H9ClN4/c1-8-3-9(2)13(11(14)4-8)18-12(7-17)10(5-15)6-16/h3-4,18H,1-2H3. The van der Waals surface area contributed by atoms with Crippen LogP contribution in [0.25, 0.3) is 0 Å². The number of hydrogen-bond acceptors (Lipinski definition) is 4. The summed E-state index contributed by atoms with van der Waals surface area (Å²) in [6.45, 7) is 3.73. The minimum absolute atomic E-state index is 0.103. The number of nitrogens with zero attached hydrogens (tertiary/aromatic N) is 3. The molecular formula is C13H9ClN4. The van der Waals surface area contributed by atoms with Crippen molar-refractivity contribution in [1.82, 2.24) is 0 Å². The van der Waals surface area contributed by atoms with Gasteiger partial charge in [0, 0.05) is 0 Å². The molecule has 0 fully saturated rings. The maximum absolute atomic E-state index is 8.94. The van der Waals surface area contributed by atoms with Crippen molar-refractivity contribution < 1.29 is 0 Å². The molecule has 0 saturated carbocycles. The molecule has 18 heavy (non-hydrogen) atoms. The van der Waals surface area contributed by atoms with Gasteiger partial charge in [0.05, 0.1) is 10.7 Å². The Kier molecular flexibility index (Phi) is 4.33. The summed E-state index contributed by atoms with van der Waals surface area (Å²) in [4.78, 5) is 0. The number of anilines is 1. The highest BCUT2D eigenvalue weighted by atomic mass is 35.5. The molecule has 0 spiro atoms. The molecular weight excluding hydrogens is 248 g/mol. The molecule has 0 saturated heterocycles. The molecule has 1 rings (SSSR count). The van der Waals surface area contributed by atoms with Crippen molar-refractivity contribution in [3.8, 4) is 18.2 Å². The SMILES string of the molecule is Cc1cc(C)c(NC(C#N)=C(C#N)C#N)c(Cl)c1. The molecule has 0 unspecified atom stereocenters. The van der Waals surface area contributed by atoms with Gasteiger partial charge in [0.1, 0.15) is 23.9 Å². The van der Waals surface area contributed by atoms with Gasteiger partial charge >= 0.3 is 0 Å². The molecule has 0 aromatic heterocycles. The first-order valence-electron chi connectivity index (χ1n) is 5.01. The summed E-state index contributed by atoms with van der Waals surface area (Å²) in [5.41, 5.74) is 1.98. The average Bonchev–Trinajstić information content (AvgIpc) is 2.32. The number of allylic oxidation sites excluding steroid dienone is 2. The first kappa shape index (κ1) is 13.6. The fourth-order valence-electron chi connectivity index (χ4n) is 1.48. The molecule has 0 aliphatic carbocycles. The molecule has 1 aromatic carbocycles. The van der Waals surface area contributed by atoms with Crippen LogP contribution >= 0.6 is 11.6 Å². The number of aryl methyl sites for hydroxylation is 2. The summed E-state index contributed by atoms with van der Waals surface area (Å²) in [6.07, 6.45) is 0. The zero-order chi connectivity index (χ0) is 13.7. The maximum atomic E-state index is 8.94. The van der Waals surface area contributed by atoms with Gasteiger partial charge in [-0.2, -0.15) is 15.8 Å². The van der Waals surface area contributed by atoms with E-state index in [1.807, 2.05) is 19.9 Å². The Bertz CT molecular complexity index is 599. The monoisotopic (exact) mass is 256 g/mol. The summed E-state index contributed by atoms with van der Waals surface area (Å²) in [5, 5.41) is 29.6. The molecule has 0 radical (unpaired) electrons. The molecule has 4 nitrogen and oxygen atoms in total. The highest BCUT2D eigenvalue weighted by molar-refractivity contribution is 6.33. The Morgan fingerprint density at radius 1 is 1.11 bits per heavy atom. The number of hydrogen-bond donors (Lipinski definition) is 1. The van der Waals surface area contributed by atoms with Gasteiger partial charge in [-0.1, -0.05) is 17.7 Å². The lowest BCUT2D eigenvalue weighted by Crippen LogP contribution is -2.03. The van der Waals surface area contributed by atoms with Crippen molar-refractivity contribution >= 4 is 17.3 Å². The Hall–Kier alpha value is -2.48. The number of benzene rings is 1. The topological polar surface area (TPSA) is 83.4 Å². The van der Waals surface area contributed by atoms with Crippen LogP contribution in [0.2, 0.25) is 5.02 Å². The molecule has 0 amide bonds. The molecule has 0 aliphatic rings. The van der Waals surface area contributed by atoms with E-state index in [1.54, 1.807) is 24.3 Å². The summed E-state index contributed by atoms with van der Waals surface area (Å²) in [7, 11) is 0. The highest BCUT2D eigenvalue weighted by Crippen LogP contribution is 2.28. The third-order valence-electron chi connectivity index (χ3n) is 2.27. The fraction of sp³-hybridized carbons (Fsp3) is 0.154. The molecule has 5 heteroatoms. The van der Waals surface area contributed by atoms with Crippen molar-refractivity contribution in [1.29, 1.82) is 15.8 Å². The van der Waals surface area contributed by atoms with Crippen LogP contribution in [0.15, 0.2) is 23.4 Å². The van der Waals surface area contributed by atoms with Crippen LogP contribution in [0, 0.1) is 47.8 Å². The van der Waals surface area contributed by atoms with Crippen LogP contribution in [0.3, 0.4) is 0 Å². The van der Waals surface area contributed by atoms with E-state index in [2.05, 4.69) is 5.32 Å². The second-order valence-corrected chi connectivity index (χ2v) is 4.06. The van der Waals surface area contributed by atoms with E-state index in [4.69, 9.17) is 27.4 Å². The molecule has 0 bridgehead atoms. The van der Waals surface area contributed by atoms with E-state index in [9.17, 15) is 0 Å². The van der Waals surface area contributed by atoms with E-state index in [-0.39, 0.29) is 11.3 Å². The van der Waals surface area contributed by atoms with Gasteiger partial charge in [-0.15, -0.1) is 0 Å². The Labute approximate surface area is 110 Å². The lowest BCUT2D eigenvalue weighted by Gasteiger charge is -2.11. The number of rotatable bonds is 2. The molecule has 0 atom stereocenters. The van der Waals surface area contributed by atoms with E-state index in [0.29, 0.717) is 10.7 Å². The predicted molar refractivity (Wildman–Crippen MR) is 68.4 cm³/mol. The van der Waals surface area contributed by atoms with Crippen LogP contribution in [0.5, 0.6) is 0 Å². The van der Waals surface area contributed by atoms with Gasteiger partial charge < -0.3 is 5.32 Å². The van der Waals surface area contributed by atoms with E-state index >= 15 is 0 Å². The Morgan fingerprint density at radius 3 is 2.17 bits per heavy atom. The van der Waals surface area contributed by atoms with Crippen LogP contribution in [0.4, 0.5) is 5.69 Å². The van der Waals surface area contributed by atoms with Gasteiger partial charge in [0.2, 0.25) is 0 Å².